The van der Waals surface area contributed by atoms with Gasteiger partial charge in [0.15, 0.2) is 0 Å². The fourth-order valence-corrected chi connectivity index (χ4v) is 3.91. The van der Waals surface area contributed by atoms with Gasteiger partial charge >= 0.3 is 0 Å². The summed E-state index contributed by atoms with van der Waals surface area (Å²) >= 11 is 0. The van der Waals surface area contributed by atoms with Crippen molar-refractivity contribution < 1.29 is 14.3 Å². The van der Waals surface area contributed by atoms with Crippen LogP contribution in [0.25, 0.3) is 5.57 Å². The number of carbonyl (C=O) groups excluding carboxylic acids is 2. The summed E-state index contributed by atoms with van der Waals surface area (Å²) in [5, 5.41) is 0. The van der Waals surface area contributed by atoms with Crippen LogP contribution in [0.4, 0.5) is 0 Å². The molecule has 6 heteroatoms. The fraction of sp³-hybridized carbons (Fsp3) is 0.250. The van der Waals surface area contributed by atoms with E-state index in [0.29, 0.717) is 35.9 Å². The van der Waals surface area contributed by atoms with Gasteiger partial charge in [0.2, 0.25) is 0 Å². The molecule has 34 heavy (non-hydrogen) atoms. The Hall–Kier alpha value is -3.93. The van der Waals surface area contributed by atoms with Crippen LogP contribution in [0.3, 0.4) is 0 Å². The third kappa shape index (κ3) is 5.17. The van der Waals surface area contributed by atoms with E-state index in [1.165, 1.54) is 4.90 Å². The molecule has 1 aromatic heterocycles. The molecule has 0 atom stereocenters. The lowest BCUT2D eigenvalue weighted by Crippen LogP contribution is -2.33. The van der Waals surface area contributed by atoms with Gasteiger partial charge in [-0.3, -0.25) is 19.5 Å². The summed E-state index contributed by atoms with van der Waals surface area (Å²) < 4.78 is 5.79. The Labute approximate surface area is 200 Å². The van der Waals surface area contributed by atoms with E-state index in [0.717, 1.165) is 16.9 Å². The Morgan fingerprint density at radius 3 is 2.21 bits per heavy atom. The molecule has 0 saturated carbocycles. The second-order valence-electron chi connectivity index (χ2n) is 8.85. The minimum atomic E-state index is -0.299. The number of rotatable bonds is 9. The van der Waals surface area contributed by atoms with Crippen molar-refractivity contribution >= 4 is 17.4 Å². The zero-order valence-electron chi connectivity index (χ0n) is 19.8. The zero-order chi connectivity index (χ0) is 24.1. The molecule has 0 bridgehead atoms. The highest BCUT2D eigenvalue weighted by Gasteiger charge is 2.40. The second-order valence-corrected chi connectivity index (χ2v) is 8.85. The number of likely N-dealkylation sites (N-methyl/N-ethyl adjacent to an activating group) is 1. The number of imide groups is 1. The Bertz CT molecular complexity index is 1170. The normalized spacial score (nSPS) is 13.7. The quantitative estimate of drug-likeness (QED) is 0.444. The molecule has 0 N–H and O–H groups in total. The average molecular weight is 456 g/mol. The van der Waals surface area contributed by atoms with Crippen LogP contribution in [0.15, 0.2) is 84.8 Å². The van der Waals surface area contributed by atoms with Gasteiger partial charge in [-0.1, -0.05) is 56.3 Å². The van der Waals surface area contributed by atoms with Crippen LogP contribution in [0.1, 0.15) is 30.5 Å². The highest BCUT2D eigenvalue weighted by Crippen LogP contribution is 2.33. The van der Waals surface area contributed by atoms with Crippen LogP contribution >= 0.6 is 0 Å². The predicted octanol–water partition coefficient (Wildman–Crippen LogP) is 4.53. The molecule has 0 unspecified atom stereocenters. The first-order valence-electron chi connectivity index (χ1n) is 11.4. The Balaban J connectivity index is 1.67. The topological polar surface area (TPSA) is 62.7 Å². The van der Waals surface area contributed by atoms with Gasteiger partial charge in [-0.2, -0.15) is 0 Å². The minimum absolute atomic E-state index is 0.196. The van der Waals surface area contributed by atoms with Gasteiger partial charge in [0.1, 0.15) is 11.4 Å². The standard InChI is InChI=1S/C28H29N3O3/c1-20(2)19-34-24-11-9-23(10-12-24)25-26(30(3)17-21-7-5-4-6-8-21)28(33)31(27(25)32)18-22-13-15-29-16-14-22/h4-16,20H,17-19H2,1-3H3. The van der Waals surface area contributed by atoms with Gasteiger partial charge in [0.25, 0.3) is 11.8 Å². The van der Waals surface area contributed by atoms with E-state index in [1.54, 1.807) is 12.4 Å². The summed E-state index contributed by atoms with van der Waals surface area (Å²) in [5.74, 6) is 0.557. The number of benzene rings is 2. The first-order chi connectivity index (χ1) is 16.4. The number of amides is 2. The summed E-state index contributed by atoms with van der Waals surface area (Å²) in [7, 11) is 1.85. The molecular weight excluding hydrogens is 426 g/mol. The van der Waals surface area contributed by atoms with Crippen LogP contribution in [0.5, 0.6) is 5.75 Å². The van der Waals surface area contributed by atoms with Crippen LogP contribution in [0, 0.1) is 5.92 Å². The van der Waals surface area contributed by atoms with Crippen molar-refractivity contribution in [3.8, 4) is 5.75 Å². The third-order valence-corrected chi connectivity index (χ3v) is 5.60. The maximum atomic E-state index is 13.6. The van der Waals surface area contributed by atoms with E-state index in [1.807, 2.05) is 78.7 Å². The molecule has 2 aromatic carbocycles. The number of nitrogens with zero attached hydrogens (tertiary/aromatic N) is 3. The molecule has 0 radical (unpaired) electrons. The third-order valence-electron chi connectivity index (χ3n) is 5.60. The first-order valence-corrected chi connectivity index (χ1v) is 11.4. The molecule has 4 rings (SSSR count). The molecule has 1 aliphatic heterocycles. The molecule has 3 aromatic rings. The number of ether oxygens (including phenoxy) is 1. The Morgan fingerprint density at radius 2 is 1.56 bits per heavy atom. The van der Waals surface area contributed by atoms with E-state index in [2.05, 4.69) is 18.8 Å². The van der Waals surface area contributed by atoms with E-state index in [4.69, 9.17) is 4.74 Å². The van der Waals surface area contributed by atoms with Gasteiger partial charge < -0.3 is 9.64 Å². The average Bonchev–Trinajstić information content (AvgIpc) is 3.09. The van der Waals surface area contributed by atoms with Crippen molar-refractivity contribution in [3.63, 3.8) is 0 Å². The number of hydrogen-bond acceptors (Lipinski definition) is 5. The van der Waals surface area contributed by atoms with Crippen LogP contribution in [-0.2, 0) is 22.7 Å². The molecular formula is C28H29N3O3. The number of carbonyl (C=O) groups is 2. The molecule has 2 heterocycles. The maximum absolute atomic E-state index is 13.6. The largest absolute Gasteiger partial charge is 0.493 e. The van der Waals surface area contributed by atoms with Crippen LogP contribution in [-0.4, -0.2) is 40.3 Å². The highest BCUT2D eigenvalue weighted by molar-refractivity contribution is 6.35. The first kappa shape index (κ1) is 23.2. The van der Waals surface area contributed by atoms with E-state index in [9.17, 15) is 9.59 Å². The number of hydrogen-bond donors (Lipinski definition) is 0. The van der Waals surface area contributed by atoms with Gasteiger partial charge in [-0.05, 0) is 46.9 Å². The monoisotopic (exact) mass is 455 g/mol. The smallest absolute Gasteiger partial charge is 0.278 e. The molecule has 2 amide bonds. The fourth-order valence-electron chi connectivity index (χ4n) is 3.91. The lowest BCUT2D eigenvalue weighted by atomic mass is 10.0. The number of aromatic nitrogens is 1. The Kier molecular flexibility index (Phi) is 7.07. The van der Waals surface area contributed by atoms with Gasteiger partial charge in [-0.15, -0.1) is 0 Å². The van der Waals surface area contributed by atoms with Crippen molar-refractivity contribution in [3.05, 3.63) is 102 Å². The van der Waals surface area contributed by atoms with Crippen LogP contribution in [0.2, 0.25) is 0 Å². The van der Waals surface area contributed by atoms with Gasteiger partial charge in [-0.25, -0.2) is 0 Å². The molecule has 0 spiro atoms. The van der Waals surface area contributed by atoms with Gasteiger partial charge in [0.05, 0.1) is 18.7 Å². The number of pyridine rings is 1. The summed E-state index contributed by atoms with van der Waals surface area (Å²) in [6, 6.07) is 20.9. The molecule has 0 fully saturated rings. The van der Waals surface area contributed by atoms with Crippen molar-refractivity contribution in [2.75, 3.05) is 13.7 Å². The maximum Gasteiger partial charge on any atom is 0.278 e. The van der Waals surface area contributed by atoms with E-state index < -0.39 is 0 Å². The minimum Gasteiger partial charge on any atom is -0.493 e. The van der Waals surface area contributed by atoms with Crippen molar-refractivity contribution in [1.82, 2.24) is 14.8 Å². The van der Waals surface area contributed by atoms with Gasteiger partial charge in [0, 0.05) is 26.0 Å². The molecule has 0 aliphatic carbocycles. The zero-order valence-corrected chi connectivity index (χ0v) is 19.8. The Morgan fingerprint density at radius 1 is 0.882 bits per heavy atom. The summed E-state index contributed by atoms with van der Waals surface area (Å²) in [5.41, 5.74) is 3.41. The molecule has 1 aliphatic rings. The molecule has 174 valence electrons. The summed E-state index contributed by atoms with van der Waals surface area (Å²) in [4.78, 5) is 34.3. The van der Waals surface area contributed by atoms with Crippen molar-refractivity contribution in [2.24, 2.45) is 5.92 Å². The van der Waals surface area contributed by atoms with E-state index >= 15 is 0 Å². The summed E-state index contributed by atoms with van der Waals surface area (Å²) in [6.07, 6.45) is 3.32. The van der Waals surface area contributed by atoms with Crippen molar-refractivity contribution in [2.45, 2.75) is 26.9 Å². The highest BCUT2D eigenvalue weighted by atomic mass is 16.5. The molecule has 6 nitrogen and oxygen atoms in total. The summed E-state index contributed by atoms with van der Waals surface area (Å²) in [6.45, 7) is 5.51. The van der Waals surface area contributed by atoms with Crippen molar-refractivity contribution in [1.29, 1.82) is 0 Å². The molecule has 0 saturated heterocycles. The predicted molar refractivity (Wildman–Crippen MR) is 131 cm³/mol. The second kappa shape index (κ2) is 10.3. The van der Waals surface area contributed by atoms with E-state index in [-0.39, 0.29) is 18.4 Å². The SMILES string of the molecule is CC(C)COc1ccc(C2=C(N(C)Cc3ccccc3)C(=O)N(Cc3ccncc3)C2=O)cc1. The lowest BCUT2D eigenvalue weighted by molar-refractivity contribution is -0.138. The lowest BCUT2D eigenvalue weighted by Gasteiger charge is -2.21. The van der Waals surface area contributed by atoms with Crippen LogP contribution < -0.4 is 4.74 Å².